The lowest BCUT2D eigenvalue weighted by Gasteiger charge is -2.17. The van der Waals surface area contributed by atoms with Crippen LogP contribution in [-0.4, -0.2) is 7.05 Å². The zero-order valence-electron chi connectivity index (χ0n) is 9.63. The minimum atomic E-state index is 0.237. The summed E-state index contributed by atoms with van der Waals surface area (Å²) in [6.07, 6.45) is 0. The number of benzene rings is 1. The van der Waals surface area contributed by atoms with E-state index >= 15 is 0 Å². The lowest BCUT2D eigenvalue weighted by atomic mass is 10.0. The summed E-state index contributed by atoms with van der Waals surface area (Å²) in [7, 11) is 1.99. The molecule has 1 atom stereocenters. The molecule has 2 aromatic rings. The van der Waals surface area contributed by atoms with Crippen molar-refractivity contribution in [3.8, 4) is 0 Å². The molecule has 1 heterocycles. The van der Waals surface area contributed by atoms with Crippen LogP contribution in [0.1, 0.15) is 22.0 Å². The van der Waals surface area contributed by atoms with Crippen molar-refractivity contribution >= 4 is 43.2 Å². The van der Waals surface area contributed by atoms with Crippen LogP contribution in [0.2, 0.25) is 0 Å². The lowest BCUT2D eigenvalue weighted by Crippen LogP contribution is -2.16. The van der Waals surface area contributed by atoms with Crippen molar-refractivity contribution in [2.75, 3.05) is 7.05 Å². The van der Waals surface area contributed by atoms with Crippen LogP contribution in [0, 0.1) is 6.92 Å². The average Bonchev–Trinajstić information content (AvgIpc) is 2.71. The molecule has 0 fully saturated rings. The number of hydrogen-bond donors (Lipinski definition) is 1. The van der Waals surface area contributed by atoms with Crippen LogP contribution < -0.4 is 5.32 Å². The minimum absolute atomic E-state index is 0.237. The monoisotopic (exact) mass is 373 g/mol. The average molecular weight is 375 g/mol. The van der Waals surface area contributed by atoms with Gasteiger partial charge in [0.25, 0.3) is 0 Å². The quantitative estimate of drug-likeness (QED) is 0.806. The van der Waals surface area contributed by atoms with Crippen molar-refractivity contribution in [1.82, 2.24) is 5.32 Å². The first-order valence-corrected chi connectivity index (χ1v) is 7.76. The first-order chi connectivity index (χ1) is 8.13. The predicted molar refractivity (Wildman–Crippen MR) is 81.8 cm³/mol. The summed E-state index contributed by atoms with van der Waals surface area (Å²) in [5.41, 5.74) is 2.53. The van der Waals surface area contributed by atoms with Gasteiger partial charge in [0, 0.05) is 13.8 Å². The van der Waals surface area contributed by atoms with Gasteiger partial charge in [-0.2, -0.15) is 0 Å². The standard InChI is InChI=1S/C13H13Br2NS/c1-8-3-4-9(7-11(8)15)12(16-2)13-10(14)5-6-17-13/h3-7,12,16H,1-2H3. The summed E-state index contributed by atoms with van der Waals surface area (Å²) in [6, 6.07) is 8.83. The van der Waals surface area contributed by atoms with Gasteiger partial charge in [0.05, 0.1) is 6.04 Å². The minimum Gasteiger partial charge on any atom is -0.309 e. The Hall–Kier alpha value is -0.160. The van der Waals surface area contributed by atoms with Crippen LogP contribution in [0.4, 0.5) is 0 Å². The van der Waals surface area contributed by atoms with Gasteiger partial charge < -0.3 is 5.32 Å². The molecule has 1 nitrogen and oxygen atoms in total. The molecule has 2 rings (SSSR count). The van der Waals surface area contributed by atoms with Crippen LogP contribution in [0.5, 0.6) is 0 Å². The summed E-state index contributed by atoms with van der Waals surface area (Å²) in [5, 5.41) is 5.47. The maximum atomic E-state index is 3.60. The van der Waals surface area contributed by atoms with Crippen LogP contribution in [0.3, 0.4) is 0 Å². The molecule has 0 bridgehead atoms. The van der Waals surface area contributed by atoms with Crippen molar-refractivity contribution in [1.29, 1.82) is 0 Å². The number of halogens is 2. The third-order valence-corrected chi connectivity index (χ3v) is 5.51. The normalized spacial score (nSPS) is 12.7. The van der Waals surface area contributed by atoms with Gasteiger partial charge in [-0.15, -0.1) is 11.3 Å². The number of aryl methyl sites for hydroxylation is 1. The second kappa shape index (κ2) is 5.65. The maximum Gasteiger partial charge on any atom is 0.0680 e. The van der Waals surface area contributed by atoms with Gasteiger partial charge in [-0.3, -0.25) is 0 Å². The fourth-order valence-electron chi connectivity index (χ4n) is 1.75. The number of hydrogen-bond acceptors (Lipinski definition) is 2. The summed E-state index contributed by atoms with van der Waals surface area (Å²) < 4.78 is 2.32. The van der Waals surface area contributed by atoms with Crippen molar-refractivity contribution in [2.45, 2.75) is 13.0 Å². The Bertz CT molecular complexity index is 522. The zero-order chi connectivity index (χ0) is 12.4. The van der Waals surface area contributed by atoms with Gasteiger partial charge in [-0.05, 0) is 58.5 Å². The van der Waals surface area contributed by atoms with Gasteiger partial charge in [-0.25, -0.2) is 0 Å². The van der Waals surface area contributed by atoms with Crippen molar-refractivity contribution in [3.05, 3.63) is 54.6 Å². The number of rotatable bonds is 3. The molecule has 0 saturated heterocycles. The third-order valence-electron chi connectivity index (χ3n) is 2.72. The van der Waals surface area contributed by atoms with E-state index in [4.69, 9.17) is 0 Å². The van der Waals surface area contributed by atoms with Gasteiger partial charge in [0.2, 0.25) is 0 Å². The SMILES string of the molecule is CNC(c1ccc(C)c(Br)c1)c1sccc1Br. The maximum absolute atomic E-state index is 3.60. The third kappa shape index (κ3) is 2.81. The molecule has 1 aromatic carbocycles. The molecular weight excluding hydrogens is 362 g/mol. The molecule has 0 aliphatic rings. The molecule has 1 N–H and O–H groups in total. The van der Waals surface area contributed by atoms with Crippen molar-refractivity contribution < 1.29 is 0 Å². The van der Waals surface area contributed by atoms with Crippen LogP contribution >= 0.6 is 43.2 Å². The summed E-state index contributed by atoms with van der Waals surface area (Å²) in [5.74, 6) is 0. The van der Waals surface area contributed by atoms with Gasteiger partial charge in [0.15, 0.2) is 0 Å². The Balaban J connectivity index is 2.42. The summed E-state index contributed by atoms with van der Waals surface area (Å²) >= 11 is 8.95. The Morgan fingerprint density at radius 3 is 2.47 bits per heavy atom. The van der Waals surface area contributed by atoms with Crippen molar-refractivity contribution in [2.24, 2.45) is 0 Å². The van der Waals surface area contributed by atoms with E-state index < -0.39 is 0 Å². The van der Waals surface area contributed by atoms with E-state index in [0.717, 1.165) is 4.47 Å². The molecule has 0 radical (unpaired) electrons. The molecule has 0 aliphatic carbocycles. The van der Waals surface area contributed by atoms with E-state index in [1.807, 2.05) is 7.05 Å². The highest BCUT2D eigenvalue weighted by Gasteiger charge is 2.16. The Labute approximate surface area is 123 Å². The van der Waals surface area contributed by atoms with E-state index in [9.17, 15) is 0 Å². The van der Waals surface area contributed by atoms with Crippen LogP contribution in [0.15, 0.2) is 38.6 Å². The number of nitrogens with one attached hydrogen (secondary N) is 1. The van der Waals surface area contributed by atoms with Gasteiger partial charge >= 0.3 is 0 Å². The molecule has 0 amide bonds. The van der Waals surface area contributed by atoms with E-state index in [1.54, 1.807) is 11.3 Å². The van der Waals surface area contributed by atoms with Gasteiger partial charge in [-0.1, -0.05) is 28.1 Å². The highest BCUT2D eigenvalue weighted by Crippen LogP contribution is 2.34. The zero-order valence-corrected chi connectivity index (χ0v) is 13.6. The fourth-order valence-corrected chi connectivity index (χ4v) is 3.88. The van der Waals surface area contributed by atoms with Crippen LogP contribution in [0.25, 0.3) is 0 Å². The predicted octanol–water partition coefficient (Wildman–Crippen LogP) is 4.89. The van der Waals surface area contributed by atoms with E-state index in [2.05, 4.69) is 73.7 Å². The number of thiophene rings is 1. The molecule has 0 aliphatic heterocycles. The van der Waals surface area contributed by atoms with Gasteiger partial charge in [0.1, 0.15) is 0 Å². The summed E-state index contributed by atoms with van der Waals surface area (Å²) in [6.45, 7) is 2.10. The molecule has 1 aromatic heterocycles. The van der Waals surface area contributed by atoms with E-state index in [1.165, 1.54) is 20.5 Å². The molecule has 90 valence electrons. The Morgan fingerprint density at radius 1 is 1.18 bits per heavy atom. The van der Waals surface area contributed by atoms with E-state index in [-0.39, 0.29) is 6.04 Å². The first-order valence-electron chi connectivity index (χ1n) is 5.29. The first kappa shape index (κ1) is 13.3. The van der Waals surface area contributed by atoms with Crippen LogP contribution in [-0.2, 0) is 0 Å². The molecular formula is C13H13Br2NS. The Kier molecular flexibility index (Phi) is 4.42. The molecule has 1 unspecified atom stereocenters. The molecule has 4 heteroatoms. The lowest BCUT2D eigenvalue weighted by molar-refractivity contribution is 0.701. The highest BCUT2D eigenvalue weighted by atomic mass is 79.9. The highest BCUT2D eigenvalue weighted by molar-refractivity contribution is 9.10. The smallest absolute Gasteiger partial charge is 0.0680 e. The second-order valence-electron chi connectivity index (χ2n) is 3.86. The Morgan fingerprint density at radius 2 is 1.94 bits per heavy atom. The second-order valence-corrected chi connectivity index (χ2v) is 6.52. The summed E-state index contributed by atoms with van der Waals surface area (Å²) in [4.78, 5) is 1.31. The van der Waals surface area contributed by atoms with E-state index in [0.29, 0.717) is 0 Å². The molecule has 0 spiro atoms. The van der Waals surface area contributed by atoms with Crippen molar-refractivity contribution in [3.63, 3.8) is 0 Å². The molecule has 17 heavy (non-hydrogen) atoms. The fraction of sp³-hybridized carbons (Fsp3) is 0.231. The largest absolute Gasteiger partial charge is 0.309 e. The molecule has 0 saturated carbocycles. The topological polar surface area (TPSA) is 12.0 Å².